The number of nitrogens with zero attached hydrogens (tertiary/aromatic N) is 1. The van der Waals surface area contributed by atoms with E-state index in [1.54, 1.807) is 12.0 Å². The Balaban J connectivity index is 1.32. The average molecular weight is 523 g/mol. The number of fused-ring (bicyclic) bond motifs is 4. The molecule has 190 valence electrons. The molecule has 0 bridgehead atoms. The fourth-order valence-corrected chi connectivity index (χ4v) is 5.73. The molecule has 0 saturated heterocycles. The van der Waals surface area contributed by atoms with Crippen molar-refractivity contribution < 1.29 is 14.3 Å². The van der Waals surface area contributed by atoms with Crippen LogP contribution in [0.15, 0.2) is 78.9 Å². The molecule has 1 amide bonds. The van der Waals surface area contributed by atoms with Gasteiger partial charge in [0.15, 0.2) is 5.78 Å². The fourth-order valence-electron chi connectivity index (χ4n) is 5.48. The van der Waals surface area contributed by atoms with Gasteiger partial charge in [-0.25, -0.2) is 0 Å². The van der Waals surface area contributed by atoms with E-state index in [4.69, 9.17) is 16.3 Å². The van der Waals surface area contributed by atoms with Crippen LogP contribution in [0.5, 0.6) is 5.75 Å². The van der Waals surface area contributed by atoms with Gasteiger partial charge in [-0.15, -0.1) is 11.6 Å². The molecule has 6 heteroatoms. The molecule has 38 heavy (non-hydrogen) atoms. The second-order valence-electron chi connectivity index (χ2n) is 9.89. The van der Waals surface area contributed by atoms with Crippen LogP contribution in [0.4, 0.5) is 5.69 Å². The number of methoxy groups -OCH3 is 1. The molecule has 0 fully saturated rings. The van der Waals surface area contributed by atoms with E-state index in [0.717, 1.165) is 49.8 Å². The highest BCUT2D eigenvalue weighted by atomic mass is 35.5. The van der Waals surface area contributed by atoms with E-state index in [1.165, 1.54) is 0 Å². The molecule has 0 spiro atoms. The monoisotopic (exact) mass is 522 g/mol. The van der Waals surface area contributed by atoms with Crippen molar-refractivity contribution in [2.45, 2.75) is 19.3 Å². The minimum atomic E-state index is -0.121. The third-order valence-electron chi connectivity index (χ3n) is 7.43. The maximum Gasteiger partial charge on any atom is 0.274 e. The number of ketones is 1. The highest BCUT2D eigenvalue weighted by molar-refractivity contribution is 6.19. The lowest BCUT2D eigenvalue weighted by atomic mass is 9.95. The van der Waals surface area contributed by atoms with Gasteiger partial charge in [-0.3, -0.25) is 9.59 Å². The van der Waals surface area contributed by atoms with Crippen LogP contribution < -0.4 is 9.64 Å². The third-order valence-corrected chi connectivity index (χ3v) is 7.81. The normalized spacial score (nSPS) is 14.7. The number of ether oxygens (including phenoxy) is 1. The van der Waals surface area contributed by atoms with Gasteiger partial charge >= 0.3 is 0 Å². The van der Waals surface area contributed by atoms with E-state index in [1.807, 2.05) is 79.7 Å². The number of anilines is 1. The Hall–Kier alpha value is -4.09. The highest BCUT2D eigenvalue weighted by Gasteiger charge is 2.35. The molecule has 0 radical (unpaired) electrons. The lowest BCUT2D eigenvalue weighted by Gasteiger charge is -2.18. The number of rotatable bonds is 6. The largest absolute Gasteiger partial charge is 0.496 e. The summed E-state index contributed by atoms with van der Waals surface area (Å²) in [6.07, 6.45) is 0.303. The number of H-pyrrole nitrogens is 1. The maximum atomic E-state index is 13.8. The zero-order valence-electron chi connectivity index (χ0n) is 21.3. The van der Waals surface area contributed by atoms with Crippen LogP contribution in [0.3, 0.4) is 0 Å². The first kappa shape index (κ1) is 24.3. The van der Waals surface area contributed by atoms with Crippen molar-refractivity contribution in [3.63, 3.8) is 0 Å². The molecule has 1 N–H and O–H groups in total. The van der Waals surface area contributed by atoms with Gasteiger partial charge in [0.1, 0.15) is 11.4 Å². The van der Waals surface area contributed by atoms with E-state index in [9.17, 15) is 9.59 Å². The summed E-state index contributed by atoms with van der Waals surface area (Å²) in [4.78, 5) is 31.7. The number of hydrogen-bond donors (Lipinski definition) is 1. The van der Waals surface area contributed by atoms with Crippen LogP contribution in [0.1, 0.15) is 43.5 Å². The Kier molecular flexibility index (Phi) is 6.16. The summed E-state index contributed by atoms with van der Waals surface area (Å²) in [7, 11) is 1.65. The van der Waals surface area contributed by atoms with Crippen LogP contribution >= 0.6 is 11.6 Å². The first-order valence-electron chi connectivity index (χ1n) is 12.7. The zero-order chi connectivity index (χ0) is 26.4. The number of carbonyl (C=O) groups excluding carboxylic acids is 2. The summed E-state index contributed by atoms with van der Waals surface area (Å²) < 4.78 is 5.68. The molecule has 5 nitrogen and oxygen atoms in total. The number of hydrogen-bond acceptors (Lipinski definition) is 3. The molecule has 0 saturated carbocycles. The quantitative estimate of drug-likeness (QED) is 0.192. The number of Topliss-reactive ketones (excluding diaryl/α,β-unsaturated/α-hetero) is 1. The van der Waals surface area contributed by atoms with Gasteiger partial charge in [-0.2, -0.15) is 0 Å². The highest BCUT2D eigenvalue weighted by Crippen LogP contribution is 2.46. The molecular formula is C32H27ClN2O3. The smallest absolute Gasteiger partial charge is 0.274 e. The van der Waals surface area contributed by atoms with Gasteiger partial charge < -0.3 is 14.6 Å². The Morgan fingerprint density at radius 2 is 1.76 bits per heavy atom. The topological polar surface area (TPSA) is 62.4 Å². The Morgan fingerprint density at radius 3 is 2.50 bits per heavy atom. The summed E-state index contributed by atoms with van der Waals surface area (Å²) in [5.74, 6) is 1.11. The van der Waals surface area contributed by atoms with Crippen LogP contribution in [0, 0.1) is 6.92 Å². The Morgan fingerprint density at radius 1 is 1.00 bits per heavy atom. The number of amides is 1. The summed E-state index contributed by atoms with van der Waals surface area (Å²) in [6, 6.07) is 25.4. The molecule has 6 rings (SSSR count). The maximum absolute atomic E-state index is 13.8. The van der Waals surface area contributed by atoms with Crippen molar-refractivity contribution in [2.75, 3.05) is 24.4 Å². The molecule has 4 aromatic carbocycles. The number of alkyl halides is 1. The first-order chi connectivity index (χ1) is 18.5. The van der Waals surface area contributed by atoms with Gasteiger partial charge in [0.05, 0.1) is 12.8 Å². The summed E-state index contributed by atoms with van der Waals surface area (Å²) in [5, 5.41) is 2.96. The predicted octanol–water partition coefficient (Wildman–Crippen LogP) is 7.05. The van der Waals surface area contributed by atoms with Gasteiger partial charge in [0, 0.05) is 52.7 Å². The molecule has 1 atom stereocenters. The second kappa shape index (κ2) is 9.66. The van der Waals surface area contributed by atoms with Crippen molar-refractivity contribution in [3.05, 3.63) is 107 Å². The number of nitrogens with one attached hydrogen (secondary N) is 1. The van der Waals surface area contributed by atoms with Crippen molar-refractivity contribution >= 4 is 50.7 Å². The minimum Gasteiger partial charge on any atom is -0.496 e. The number of halogens is 1. The lowest BCUT2D eigenvalue weighted by Crippen LogP contribution is -2.30. The molecule has 0 unspecified atom stereocenters. The van der Waals surface area contributed by atoms with Crippen molar-refractivity contribution in [3.8, 4) is 5.75 Å². The van der Waals surface area contributed by atoms with Gasteiger partial charge in [0.25, 0.3) is 5.91 Å². The van der Waals surface area contributed by atoms with E-state index in [0.29, 0.717) is 30.1 Å². The second-order valence-corrected chi connectivity index (χ2v) is 10.2. The van der Waals surface area contributed by atoms with E-state index in [-0.39, 0.29) is 17.6 Å². The minimum absolute atomic E-state index is 0.0233. The van der Waals surface area contributed by atoms with Crippen molar-refractivity contribution in [1.82, 2.24) is 4.98 Å². The molecule has 0 aliphatic carbocycles. The third kappa shape index (κ3) is 4.13. The summed E-state index contributed by atoms with van der Waals surface area (Å²) in [6.45, 7) is 2.50. The van der Waals surface area contributed by atoms with Crippen molar-refractivity contribution in [1.29, 1.82) is 0 Å². The van der Waals surface area contributed by atoms with Gasteiger partial charge in [-0.1, -0.05) is 60.2 Å². The van der Waals surface area contributed by atoms with Crippen LogP contribution in [-0.4, -0.2) is 36.2 Å². The van der Waals surface area contributed by atoms with Gasteiger partial charge in [0.2, 0.25) is 0 Å². The van der Waals surface area contributed by atoms with Gasteiger partial charge in [-0.05, 0) is 41.6 Å². The van der Waals surface area contributed by atoms with E-state index < -0.39 is 0 Å². The Bertz CT molecular complexity index is 1700. The lowest BCUT2D eigenvalue weighted by molar-refractivity contribution is 0.0979. The summed E-state index contributed by atoms with van der Waals surface area (Å²) >= 11 is 6.40. The van der Waals surface area contributed by atoms with Crippen LogP contribution in [-0.2, 0) is 6.42 Å². The SMILES string of the molecule is COc1cc2c(c3ccccc13)[C@H](CCl)CN2C(=O)c1cc2cc(CC(=O)c3ccc(C)cc3)ccc2[nH]1. The predicted molar refractivity (Wildman–Crippen MR) is 153 cm³/mol. The fraction of sp³-hybridized carbons (Fsp3) is 0.188. The molecule has 1 aromatic heterocycles. The van der Waals surface area contributed by atoms with Crippen LogP contribution in [0.25, 0.3) is 21.7 Å². The molecule has 1 aliphatic rings. The number of benzene rings is 4. The average Bonchev–Trinajstić information content (AvgIpc) is 3.54. The standard InChI is InChI=1S/C32H27ClN2O3/c1-19-7-10-21(11-8-19)29(36)14-20-9-12-26-22(13-20)15-27(34-26)32(37)35-18-23(17-33)31-25-6-4-3-5-24(25)30(38-2)16-28(31)35/h3-13,15-16,23,34H,14,17-18H2,1-2H3/t23-/m1/s1. The Labute approximate surface area is 226 Å². The number of aromatic amines is 1. The molecule has 2 heterocycles. The van der Waals surface area contributed by atoms with E-state index >= 15 is 0 Å². The molecular weight excluding hydrogens is 496 g/mol. The molecule has 5 aromatic rings. The number of aryl methyl sites for hydroxylation is 1. The van der Waals surface area contributed by atoms with E-state index in [2.05, 4.69) is 11.1 Å². The summed E-state index contributed by atoms with van der Waals surface area (Å²) in [5.41, 5.74) is 5.99. The number of aromatic nitrogens is 1. The number of carbonyl (C=O) groups is 2. The molecule has 1 aliphatic heterocycles. The van der Waals surface area contributed by atoms with Crippen molar-refractivity contribution in [2.24, 2.45) is 0 Å². The zero-order valence-corrected chi connectivity index (χ0v) is 22.0. The first-order valence-corrected chi connectivity index (χ1v) is 13.2. The van der Waals surface area contributed by atoms with Crippen LogP contribution in [0.2, 0.25) is 0 Å².